The van der Waals surface area contributed by atoms with Crippen molar-refractivity contribution < 1.29 is 5.11 Å². The zero-order chi connectivity index (χ0) is 17.9. The quantitative estimate of drug-likeness (QED) is 0.737. The third-order valence-electron chi connectivity index (χ3n) is 5.44. The average Bonchev–Trinajstić information content (AvgIpc) is 2.61. The zero-order valence-corrected chi connectivity index (χ0v) is 15.3. The number of hydrogen-bond acceptors (Lipinski definition) is 2. The number of piperidine rings is 1. The molecule has 1 fully saturated rings. The van der Waals surface area contributed by atoms with Crippen LogP contribution in [0, 0.1) is 5.92 Å². The Labute approximate surface area is 151 Å². The maximum Gasteiger partial charge on any atom is 0.0748 e. The summed E-state index contributed by atoms with van der Waals surface area (Å²) in [5, 5.41) is 15.5. The molecule has 4 atom stereocenters. The fourth-order valence-electron chi connectivity index (χ4n) is 4.44. The van der Waals surface area contributed by atoms with E-state index >= 15 is 0 Å². The van der Waals surface area contributed by atoms with Crippen LogP contribution in [0.4, 0.5) is 0 Å². The van der Waals surface area contributed by atoms with Crippen molar-refractivity contribution in [3.8, 4) is 0 Å². The molecule has 3 rings (SSSR count). The minimum absolute atomic E-state index is 0.134. The lowest BCUT2D eigenvalue weighted by atomic mass is 9.67. The zero-order valence-electron chi connectivity index (χ0n) is 15.3. The lowest BCUT2D eigenvalue weighted by Crippen LogP contribution is -2.53. The minimum Gasteiger partial charge on any atom is -0.389 e. The molecule has 0 unspecified atom stereocenters. The van der Waals surface area contributed by atoms with Gasteiger partial charge in [-0.1, -0.05) is 73.2 Å². The first kappa shape index (κ1) is 17.9. The smallest absolute Gasteiger partial charge is 0.0748 e. The highest BCUT2D eigenvalue weighted by atomic mass is 16.3. The molecule has 0 aliphatic carbocycles. The van der Waals surface area contributed by atoms with Crippen molar-refractivity contribution in [2.24, 2.45) is 5.92 Å². The summed E-state index contributed by atoms with van der Waals surface area (Å²) >= 11 is 0. The molecular formula is C23H29NO. The summed E-state index contributed by atoms with van der Waals surface area (Å²) in [5.41, 5.74) is 2.78. The van der Waals surface area contributed by atoms with Gasteiger partial charge in [-0.25, -0.2) is 0 Å². The molecule has 1 saturated heterocycles. The van der Waals surface area contributed by atoms with E-state index in [4.69, 9.17) is 0 Å². The van der Waals surface area contributed by atoms with E-state index < -0.39 is 5.60 Å². The van der Waals surface area contributed by atoms with E-state index in [0.717, 1.165) is 12.0 Å². The molecule has 25 heavy (non-hydrogen) atoms. The average molecular weight is 335 g/mol. The predicted molar refractivity (Wildman–Crippen MR) is 104 cm³/mol. The van der Waals surface area contributed by atoms with Crippen LogP contribution in [0.1, 0.15) is 56.3 Å². The Balaban J connectivity index is 2.01. The van der Waals surface area contributed by atoms with E-state index in [1.807, 2.05) is 19.1 Å². The van der Waals surface area contributed by atoms with E-state index in [1.165, 1.54) is 11.1 Å². The molecule has 2 N–H and O–H groups in total. The summed E-state index contributed by atoms with van der Waals surface area (Å²) in [4.78, 5) is 0. The number of aliphatic hydroxyl groups is 1. The number of benzene rings is 2. The van der Waals surface area contributed by atoms with Gasteiger partial charge in [0.25, 0.3) is 0 Å². The predicted octanol–water partition coefficient (Wildman–Crippen LogP) is 5.19. The van der Waals surface area contributed by atoms with Crippen LogP contribution in [0.25, 0.3) is 0 Å². The first-order valence-electron chi connectivity index (χ1n) is 9.26. The van der Waals surface area contributed by atoms with Gasteiger partial charge in [-0.3, -0.25) is 0 Å². The Bertz CT molecular complexity index is 697. The summed E-state index contributed by atoms with van der Waals surface area (Å²) in [7, 11) is 0. The number of rotatable bonds is 5. The monoisotopic (exact) mass is 335 g/mol. The second kappa shape index (κ2) is 7.55. The molecule has 0 radical (unpaired) electrons. The highest BCUT2D eigenvalue weighted by Gasteiger charge is 2.47. The molecule has 0 amide bonds. The van der Waals surface area contributed by atoms with Gasteiger partial charge >= 0.3 is 0 Å². The van der Waals surface area contributed by atoms with Gasteiger partial charge in [0.2, 0.25) is 0 Å². The Morgan fingerprint density at radius 2 is 1.64 bits per heavy atom. The van der Waals surface area contributed by atoms with Crippen LogP contribution in [0.3, 0.4) is 0 Å². The molecule has 1 aliphatic heterocycles. The molecule has 0 bridgehead atoms. The van der Waals surface area contributed by atoms with Gasteiger partial charge in [0.15, 0.2) is 0 Å². The summed E-state index contributed by atoms with van der Waals surface area (Å²) < 4.78 is 0. The first-order valence-corrected chi connectivity index (χ1v) is 9.26. The van der Waals surface area contributed by atoms with Crippen molar-refractivity contribution in [3.63, 3.8) is 0 Å². The van der Waals surface area contributed by atoms with Gasteiger partial charge in [0, 0.05) is 18.0 Å². The summed E-state index contributed by atoms with van der Waals surface area (Å²) in [6.07, 6.45) is 2.30. The van der Waals surface area contributed by atoms with Crippen molar-refractivity contribution in [2.45, 2.75) is 50.8 Å². The highest BCUT2D eigenvalue weighted by Crippen LogP contribution is 2.47. The van der Waals surface area contributed by atoms with Gasteiger partial charge in [0.1, 0.15) is 0 Å². The molecule has 1 aliphatic rings. The molecular weight excluding hydrogens is 306 g/mol. The highest BCUT2D eigenvalue weighted by molar-refractivity contribution is 5.27. The van der Waals surface area contributed by atoms with Gasteiger partial charge in [0.05, 0.1) is 5.60 Å². The Hall–Kier alpha value is -1.90. The van der Waals surface area contributed by atoms with Crippen LogP contribution in [0.15, 0.2) is 72.8 Å². The van der Waals surface area contributed by atoms with E-state index in [-0.39, 0.29) is 18.0 Å². The summed E-state index contributed by atoms with van der Waals surface area (Å²) in [6.45, 7) is 8.27. The van der Waals surface area contributed by atoms with Crippen LogP contribution >= 0.6 is 0 Å². The molecule has 2 aromatic rings. The van der Waals surface area contributed by atoms with Crippen molar-refractivity contribution in [3.05, 3.63) is 83.9 Å². The lowest BCUT2D eigenvalue weighted by Gasteiger charge is -2.49. The topological polar surface area (TPSA) is 32.3 Å². The Kier molecular flexibility index (Phi) is 5.41. The summed E-state index contributed by atoms with van der Waals surface area (Å²) in [6, 6.07) is 21.3. The minimum atomic E-state index is -0.743. The lowest BCUT2D eigenvalue weighted by molar-refractivity contribution is -0.0759. The van der Waals surface area contributed by atoms with Crippen molar-refractivity contribution in [1.82, 2.24) is 5.32 Å². The standard InChI is InChI=1S/C23H29NO/c1-4-20-22(19-13-9-6-10-14-19)24-21(18-11-7-5-8-12-18)16-23(20,25)15-17(2)3/h5-14,20-22,24-25H,2,4,15-16H2,1,3H3/t20-,21+,22+,23-/m0/s1. The fraction of sp³-hybridized carbons (Fsp3) is 0.391. The third kappa shape index (κ3) is 3.86. The van der Waals surface area contributed by atoms with Gasteiger partial charge < -0.3 is 10.4 Å². The van der Waals surface area contributed by atoms with Crippen LogP contribution in [-0.4, -0.2) is 10.7 Å². The maximum atomic E-state index is 11.7. The summed E-state index contributed by atoms with van der Waals surface area (Å²) in [5.74, 6) is 0.159. The molecule has 1 heterocycles. The SMILES string of the molecule is C=C(C)C[C@]1(O)C[C@H](c2ccccc2)N[C@H](c2ccccc2)[C@@H]1CC. The van der Waals surface area contributed by atoms with E-state index in [2.05, 4.69) is 67.4 Å². The van der Waals surface area contributed by atoms with E-state index in [0.29, 0.717) is 12.8 Å². The Morgan fingerprint density at radius 3 is 2.16 bits per heavy atom. The molecule has 0 aromatic heterocycles. The molecule has 2 aromatic carbocycles. The van der Waals surface area contributed by atoms with Gasteiger partial charge in [-0.2, -0.15) is 0 Å². The number of hydrogen-bond donors (Lipinski definition) is 2. The molecule has 2 heteroatoms. The second-order valence-corrected chi connectivity index (χ2v) is 7.47. The third-order valence-corrected chi connectivity index (χ3v) is 5.44. The van der Waals surface area contributed by atoms with Crippen LogP contribution < -0.4 is 5.32 Å². The largest absolute Gasteiger partial charge is 0.389 e. The normalized spacial score (nSPS) is 29.3. The van der Waals surface area contributed by atoms with Crippen molar-refractivity contribution in [1.29, 1.82) is 0 Å². The number of nitrogens with one attached hydrogen (secondary N) is 1. The molecule has 0 saturated carbocycles. The van der Waals surface area contributed by atoms with Gasteiger partial charge in [-0.05, 0) is 37.3 Å². The first-order chi connectivity index (χ1) is 12.0. The fourth-order valence-corrected chi connectivity index (χ4v) is 4.44. The molecule has 2 nitrogen and oxygen atoms in total. The van der Waals surface area contributed by atoms with E-state index in [9.17, 15) is 5.11 Å². The Morgan fingerprint density at radius 1 is 1.08 bits per heavy atom. The van der Waals surface area contributed by atoms with Crippen molar-refractivity contribution in [2.75, 3.05) is 0 Å². The van der Waals surface area contributed by atoms with Crippen LogP contribution in [-0.2, 0) is 0 Å². The molecule has 0 spiro atoms. The van der Waals surface area contributed by atoms with Gasteiger partial charge in [-0.15, -0.1) is 6.58 Å². The van der Waals surface area contributed by atoms with Crippen LogP contribution in [0.5, 0.6) is 0 Å². The maximum absolute atomic E-state index is 11.7. The second-order valence-electron chi connectivity index (χ2n) is 7.47. The van der Waals surface area contributed by atoms with Crippen LogP contribution in [0.2, 0.25) is 0 Å². The van der Waals surface area contributed by atoms with E-state index in [1.54, 1.807) is 0 Å². The van der Waals surface area contributed by atoms with Crippen molar-refractivity contribution >= 4 is 0 Å². The molecule has 132 valence electrons.